The van der Waals surface area contributed by atoms with Crippen LogP contribution in [0.15, 0.2) is 18.3 Å². The molecule has 0 spiro atoms. The maximum absolute atomic E-state index is 13.0. The first-order valence-corrected chi connectivity index (χ1v) is 8.90. The molecule has 1 aromatic rings. The van der Waals surface area contributed by atoms with Gasteiger partial charge in [-0.1, -0.05) is 12.8 Å². The summed E-state index contributed by atoms with van der Waals surface area (Å²) in [6.45, 7) is 1.43. The van der Waals surface area contributed by atoms with Crippen LogP contribution in [0.25, 0.3) is 0 Å². The lowest BCUT2D eigenvalue weighted by Crippen LogP contribution is -2.54. The number of hydrogen-bond acceptors (Lipinski definition) is 4. The monoisotopic (exact) mass is 335 g/mol. The lowest BCUT2D eigenvalue weighted by atomic mass is 9.92. The molecule has 0 unspecified atom stereocenters. The van der Waals surface area contributed by atoms with Crippen LogP contribution >= 0.6 is 0 Å². The Hall–Kier alpha value is -1.69. The molecule has 0 radical (unpaired) electrons. The molecule has 24 heavy (non-hydrogen) atoms. The van der Waals surface area contributed by atoms with Crippen LogP contribution in [0.3, 0.4) is 0 Å². The first kappa shape index (κ1) is 17.1. The number of carbonyl (C=O) groups excluding carboxylic acids is 1. The van der Waals surface area contributed by atoms with E-state index in [0.717, 1.165) is 25.8 Å². The van der Waals surface area contributed by atoms with Crippen molar-refractivity contribution < 1.29 is 14.3 Å². The summed E-state index contributed by atoms with van der Waals surface area (Å²) in [5, 5.41) is 13.7. The molecule has 2 fully saturated rings. The number of nitrogens with zero attached hydrogens (tertiary/aromatic N) is 2. The molecule has 1 atom stereocenters. The van der Waals surface area contributed by atoms with Crippen molar-refractivity contribution in [2.24, 2.45) is 5.92 Å². The first-order valence-electron chi connectivity index (χ1n) is 8.90. The Morgan fingerprint density at radius 1 is 1.38 bits per heavy atom. The van der Waals surface area contributed by atoms with E-state index in [-0.39, 0.29) is 18.3 Å². The molecule has 1 aromatic heterocycles. The number of amides is 1. The molecule has 3 rings (SSSR count). The fraction of sp³-hybridized carbons (Fsp3) is 0.667. The number of aromatic nitrogens is 1. The highest BCUT2D eigenvalue weighted by Gasteiger charge is 2.34. The van der Waals surface area contributed by atoms with Crippen molar-refractivity contribution in [1.82, 2.24) is 10.3 Å². The molecule has 1 saturated heterocycles. The van der Waals surface area contributed by atoms with E-state index < -0.39 is 5.60 Å². The molecule has 0 bridgehead atoms. The number of halogens is 1. The van der Waals surface area contributed by atoms with Gasteiger partial charge in [0.05, 0.1) is 11.8 Å². The highest BCUT2D eigenvalue weighted by molar-refractivity contribution is 5.76. The molecular formula is C18H26FN3O2. The van der Waals surface area contributed by atoms with Gasteiger partial charge in [0.25, 0.3) is 0 Å². The minimum Gasteiger partial charge on any atom is -0.386 e. The van der Waals surface area contributed by atoms with Gasteiger partial charge >= 0.3 is 0 Å². The van der Waals surface area contributed by atoms with Crippen molar-refractivity contribution in [1.29, 1.82) is 0 Å². The molecular weight excluding hydrogens is 309 g/mol. The van der Waals surface area contributed by atoms with Gasteiger partial charge in [-0.3, -0.25) is 4.79 Å². The minimum atomic E-state index is -0.959. The zero-order chi connectivity index (χ0) is 17.0. The van der Waals surface area contributed by atoms with Gasteiger partial charge in [-0.2, -0.15) is 0 Å². The van der Waals surface area contributed by atoms with Gasteiger partial charge in [-0.05, 0) is 43.7 Å². The van der Waals surface area contributed by atoms with E-state index in [9.17, 15) is 14.3 Å². The number of pyridine rings is 1. The van der Waals surface area contributed by atoms with Crippen molar-refractivity contribution in [3.63, 3.8) is 0 Å². The van der Waals surface area contributed by atoms with E-state index in [1.54, 1.807) is 6.07 Å². The normalized spacial score (nSPS) is 25.0. The average Bonchev–Trinajstić information content (AvgIpc) is 3.07. The Morgan fingerprint density at radius 3 is 2.88 bits per heavy atom. The molecule has 1 aliphatic heterocycles. The number of rotatable bonds is 5. The standard InChI is InChI=1S/C18H26FN3O2/c19-15-6-7-16(20-11-15)22-9-3-8-18(24,13-22)12-21-17(23)10-14-4-1-2-5-14/h6-7,11,14,24H,1-5,8-10,12-13H2,(H,21,23)/t18-/m1/s1. The summed E-state index contributed by atoms with van der Waals surface area (Å²) in [4.78, 5) is 18.1. The van der Waals surface area contributed by atoms with Gasteiger partial charge in [0, 0.05) is 26.1 Å². The van der Waals surface area contributed by atoms with Crippen LogP contribution in [0.4, 0.5) is 10.2 Å². The minimum absolute atomic E-state index is 0.0346. The largest absolute Gasteiger partial charge is 0.386 e. The van der Waals surface area contributed by atoms with Crippen molar-refractivity contribution in [3.05, 3.63) is 24.1 Å². The first-order chi connectivity index (χ1) is 11.5. The third-order valence-corrected chi connectivity index (χ3v) is 5.15. The molecule has 2 N–H and O–H groups in total. The summed E-state index contributed by atoms with van der Waals surface area (Å²) in [5.41, 5.74) is -0.959. The second-order valence-electron chi connectivity index (χ2n) is 7.22. The van der Waals surface area contributed by atoms with Crippen molar-refractivity contribution >= 4 is 11.7 Å². The Labute approximate surface area is 142 Å². The van der Waals surface area contributed by atoms with Crippen molar-refractivity contribution in [2.45, 2.75) is 50.5 Å². The Kier molecular flexibility index (Phi) is 5.33. The van der Waals surface area contributed by atoms with Crippen molar-refractivity contribution in [3.8, 4) is 0 Å². The fourth-order valence-corrected chi connectivity index (χ4v) is 3.82. The quantitative estimate of drug-likeness (QED) is 0.866. The number of carbonyl (C=O) groups is 1. The van der Waals surface area contributed by atoms with Crippen molar-refractivity contribution in [2.75, 3.05) is 24.5 Å². The van der Waals surface area contributed by atoms with E-state index in [1.807, 2.05) is 4.90 Å². The maximum atomic E-state index is 13.0. The van der Waals surface area contributed by atoms with E-state index in [0.29, 0.717) is 31.1 Å². The Balaban J connectivity index is 1.52. The molecule has 2 heterocycles. The van der Waals surface area contributed by atoms with Crippen LogP contribution in [-0.2, 0) is 4.79 Å². The van der Waals surface area contributed by atoms with E-state index >= 15 is 0 Å². The molecule has 6 heteroatoms. The Morgan fingerprint density at radius 2 is 2.17 bits per heavy atom. The zero-order valence-corrected chi connectivity index (χ0v) is 14.0. The highest BCUT2D eigenvalue weighted by atomic mass is 19.1. The smallest absolute Gasteiger partial charge is 0.220 e. The van der Waals surface area contributed by atoms with Gasteiger partial charge in [0.15, 0.2) is 0 Å². The molecule has 1 saturated carbocycles. The summed E-state index contributed by atoms with van der Waals surface area (Å²) in [6.07, 6.45) is 7.95. The second kappa shape index (κ2) is 7.47. The lowest BCUT2D eigenvalue weighted by Gasteiger charge is -2.40. The number of β-amino-alcohol motifs (C(OH)–C–C–N with tert-alkyl or cyclic N) is 1. The number of piperidine rings is 1. The third-order valence-electron chi connectivity index (χ3n) is 5.15. The number of aliphatic hydroxyl groups is 1. The average molecular weight is 335 g/mol. The number of hydrogen-bond donors (Lipinski definition) is 2. The molecule has 1 amide bonds. The van der Waals surface area contributed by atoms with Crippen LogP contribution in [-0.4, -0.2) is 41.2 Å². The second-order valence-corrected chi connectivity index (χ2v) is 7.22. The number of nitrogens with one attached hydrogen (secondary N) is 1. The zero-order valence-electron chi connectivity index (χ0n) is 14.0. The van der Waals surface area contributed by atoms with Crippen LogP contribution in [0.5, 0.6) is 0 Å². The topological polar surface area (TPSA) is 65.5 Å². The van der Waals surface area contributed by atoms with Gasteiger partial charge in [-0.25, -0.2) is 9.37 Å². The third kappa shape index (κ3) is 4.44. The Bertz CT molecular complexity index is 560. The maximum Gasteiger partial charge on any atom is 0.220 e. The van der Waals surface area contributed by atoms with Crippen LogP contribution < -0.4 is 10.2 Å². The highest BCUT2D eigenvalue weighted by Crippen LogP contribution is 2.28. The summed E-state index contributed by atoms with van der Waals surface area (Å²) < 4.78 is 13.0. The fourth-order valence-electron chi connectivity index (χ4n) is 3.82. The lowest BCUT2D eigenvalue weighted by molar-refractivity contribution is -0.123. The van der Waals surface area contributed by atoms with Gasteiger partial charge in [0.2, 0.25) is 5.91 Å². The summed E-state index contributed by atoms with van der Waals surface area (Å²) in [7, 11) is 0. The van der Waals surface area contributed by atoms with Gasteiger partial charge < -0.3 is 15.3 Å². The predicted molar refractivity (Wildman–Crippen MR) is 90.2 cm³/mol. The van der Waals surface area contributed by atoms with Gasteiger partial charge in [-0.15, -0.1) is 0 Å². The predicted octanol–water partition coefficient (Wildman–Crippen LogP) is 2.25. The van der Waals surface area contributed by atoms with E-state index in [2.05, 4.69) is 10.3 Å². The molecule has 1 aliphatic carbocycles. The van der Waals surface area contributed by atoms with Gasteiger partial charge in [0.1, 0.15) is 11.6 Å². The van der Waals surface area contributed by atoms with Crippen LogP contribution in [0.2, 0.25) is 0 Å². The van der Waals surface area contributed by atoms with Crippen LogP contribution in [0, 0.1) is 11.7 Å². The SMILES string of the molecule is O=C(CC1CCCC1)NC[C@]1(O)CCCN(c2ccc(F)cn2)C1. The molecule has 132 valence electrons. The summed E-state index contributed by atoms with van der Waals surface area (Å²) in [6, 6.07) is 3.00. The molecule has 5 nitrogen and oxygen atoms in total. The number of anilines is 1. The van der Waals surface area contributed by atoms with E-state index in [4.69, 9.17) is 0 Å². The summed E-state index contributed by atoms with van der Waals surface area (Å²) in [5.74, 6) is 0.829. The molecule has 0 aromatic carbocycles. The summed E-state index contributed by atoms with van der Waals surface area (Å²) >= 11 is 0. The van der Waals surface area contributed by atoms with E-state index in [1.165, 1.54) is 25.1 Å². The molecule has 2 aliphatic rings. The van der Waals surface area contributed by atoms with Crippen LogP contribution in [0.1, 0.15) is 44.9 Å².